The van der Waals surface area contributed by atoms with E-state index >= 15 is 0 Å². The third kappa shape index (κ3) is 1.83. The molecule has 0 fully saturated rings. The van der Waals surface area contributed by atoms with Gasteiger partial charge in [-0.25, -0.2) is 4.99 Å². The molecule has 2 aliphatic rings. The Labute approximate surface area is 96.5 Å². The summed E-state index contributed by atoms with van der Waals surface area (Å²) >= 11 is 3.34. The number of guanidine groups is 1. The van der Waals surface area contributed by atoms with Crippen molar-refractivity contribution >= 4 is 34.9 Å². The van der Waals surface area contributed by atoms with E-state index in [-0.39, 0.29) is 6.04 Å². The highest BCUT2D eigenvalue weighted by atomic mass is 32.2. The summed E-state index contributed by atoms with van der Waals surface area (Å²) in [7, 11) is 0. The van der Waals surface area contributed by atoms with E-state index in [1.165, 1.54) is 4.21 Å². The van der Waals surface area contributed by atoms with Crippen LogP contribution in [-0.2, 0) is 0 Å². The van der Waals surface area contributed by atoms with Gasteiger partial charge >= 0.3 is 0 Å². The van der Waals surface area contributed by atoms with Crippen LogP contribution < -0.4 is 10.0 Å². The number of thiophene rings is 1. The summed E-state index contributed by atoms with van der Waals surface area (Å²) in [5.41, 5.74) is 1.15. The highest BCUT2D eigenvalue weighted by Gasteiger charge is 2.16. The summed E-state index contributed by atoms with van der Waals surface area (Å²) in [5, 5.41) is 5.34. The van der Waals surface area contributed by atoms with Gasteiger partial charge in [0.2, 0.25) is 5.96 Å². The number of nitrogens with zero attached hydrogens (tertiary/aromatic N) is 1. The van der Waals surface area contributed by atoms with E-state index in [1.807, 2.05) is 0 Å². The largest absolute Gasteiger partial charge is 0.324 e. The summed E-state index contributed by atoms with van der Waals surface area (Å²) < 4.78 is 4.44. The Morgan fingerprint density at radius 1 is 1.53 bits per heavy atom. The van der Waals surface area contributed by atoms with Gasteiger partial charge in [-0.1, -0.05) is 5.92 Å². The monoisotopic (exact) mass is 235 g/mol. The normalized spacial score (nSPS) is 25.1. The molecule has 1 aromatic rings. The van der Waals surface area contributed by atoms with Gasteiger partial charge in [-0.15, -0.1) is 17.3 Å². The molecule has 0 bridgehead atoms. The molecule has 0 aromatic carbocycles. The number of fused-ring (bicyclic) bond motifs is 1. The second-order valence-electron chi connectivity index (χ2n) is 3.30. The lowest BCUT2D eigenvalue weighted by Crippen LogP contribution is -2.29. The molecular formula is C10H9N3S2. The fraction of sp³-hybridized carbons (Fsp3) is 0.300. The van der Waals surface area contributed by atoms with Crippen molar-refractivity contribution in [1.82, 2.24) is 4.72 Å². The van der Waals surface area contributed by atoms with Crippen molar-refractivity contribution in [2.75, 3.05) is 5.32 Å². The fourth-order valence-electron chi connectivity index (χ4n) is 1.50. The molecule has 5 heteroatoms. The molecule has 2 heterocycles. The van der Waals surface area contributed by atoms with Crippen molar-refractivity contribution < 1.29 is 0 Å². The third-order valence-corrected chi connectivity index (χ3v) is 4.17. The van der Waals surface area contributed by atoms with Crippen LogP contribution >= 0.6 is 23.3 Å². The van der Waals surface area contributed by atoms with Gasteiger partial charge in [-0.2, -0.15) is 0 Å². The predicted molar refractivity (Wildman–Crippen MR) is 65.2 cm³/mol. The zero-order valence-electron chi connectivity index (χ0n) is 7.91. The topological polar surface area (TPSA) is 36.4 Å². The van der Waals surface area contributed by atoms with Crippen LogP contribution in [0.2, 0.25) is 0 Å². The average molecular weight is 235 g/mol. The first-order chi connectivity index (χ1) is 7.42. The van der Waals surface area contributed by atoms with Gasteiger partial charge in [0.25, 0.3) is 0 Å². The highest BCUT2D eigenvalue weighted by Crippen LogP contribution is 2.33. The lowest BCUT2D eigenvalue weighted by atomic mass is 10.3. The number of rotatable bonds is 1. The van der Waals surface area contributed by atoms with Crippen molar-refractivity contribution in [3.8, 4) is 11.8 Å². The second-order valence-corrected chi connectivity index (χ2v) is 5.30. The maximum Gasteiger partial charge on any atom is 0.207 e. The standard InChI is InChI=1S/C10H9N3S2/c1-2-4-7(3-1)11-10-12-8-5-6-14-9(8)15-13-10/h5-7H,1,3H2,(H2,11,12,13). The highest BCUT2D eigenvalue weighted by molar-refractivity contribution is 8.00. The Hall–Kier alpha value is -1.12. The SMILES string of the molecule is C1#CC(N=C2NSc3sccc3N2)CC1. The molecule has 0 spiro atoms. The van der Waals surface area contributed by atoms with Gasteiger partial charge in [-0.3, -0.25) is 4.72 Å². The minimum atomic E-state index is 0.167. The fourth-order valence-corrected chi connectivity index (χ4v) is 3.08. The number of nitrogens with one attached hydrogen (secondary N) is 2. The number of hydrogen-bond donors (Lipinski definition) is 2. The van der Waals surface area contributed by atoms with Crippen molar-refractivity contribution in [1.29, 1.82) is 0 Å². The van der Waals surface area contributed by atoms with Gasteiger partial charge in [0.1, 0.15) is 10.3 Å². The minimum absolute atomic E-state index is 0.167. The molecule has 1 unspecified atom stereocenters. The number of hydrogen-bond acceptors (Lipinski definition) is 3. The Balaban J connectivity index is 1.78. The van der Waals surface area contributed by atoms with Crippen LogP contribution in [0.25, 0.3) is 0 Å². The molecule has 0 saturated heterocycles. The Morgan fingerprint density at radius 3 is 3.40 bits per heavy atom. The van der Waals surface area contributed by atoms with Gasteiger partial charge in [0, 0.05) is 18.4 Å². The van der Waals surface area contributed by atoms with Crippen molar-refractivity contribution in [3.63, 3.8) is 0 Å². The van der Waals surface area contributed by atoms with Gasteiger partial charge < -0.3 is 5.32 Å². The quantitative estimate of drug-likeness (QED) is 0.579. The summed E-state index contributed by atoms with van der Waals surface area (Å²) in [6.07, 6.45) is 1.99. The van der Waals surface area contributed by atoms with E-state index in [0.717, 1.165) is 24.5 Å². The van der Waals surface area contributed by atoms with Crippen LogP contribution in [0.1, 0.15) is 12.8 Å². The molecule has 0 radical (unpaired) electrons. The zero-order chi connectivity index (χ0) is 10.1. The third-order valence-electron chi connectivity index (χ3n) is 2.22. The van der Waals surface area contributed by atoms with E-state index in [0.29, 0.717) is 0 Å². The van der Waals surface area contributed by atoms with Crippen molar-refractivity contribution in [3.05, 3.63) is 11.4 Å². The first-order valence-corrected chi connectivity index (χ1v) is 6.45. The molecule has 15 heavy (non-hydrogen) atoms. The molecule has 1 aliphatic carbocycles. The van der Waals surface area contributed by atoms with Gasteiger partial charge in [0.15, 0.2) is 0 Å². The van der Waals surface area contributed by atoms with Crippen LogP contribution in [0.3, 0.4) is 0 Å². The average Bonchev–Trinajstić information content (AvgIpc) is 2.87. The summed E-state index contributed by atoms with van der Waals surface area (Å²) in [6.45, 7) is 0. The maximum absolute atomic E-state index is 4.52. The minimum Gasteiger partial charge on any atom is -0.324 e. The molecule has 1 aromatic heterocycles. The Bertz CT molecular complexity index is 467. The molecular weight excluding hydrogens is 226 g/mol. The molecule has 3 rings (SSSR count). The van der Waals surface area contributed by atoms with Crippen LogP contribution in [0, 0.1) is 11.8 Å². The van der Waals surface area contributed by atoms with Crippen LogP contribution in [0.5, 0.6) is 0 Å². The van der Waals surface area contributed by atoms with Crippen molar-refractivity contribution in [2.24, 2.45) is 4.99 Å². The van der Waals surface area contributed by atoms with Crippen LogP contribution in [-0.4, -0.2) is 12.0 Å². The summed E-state index contributed by atoms with van der Waals surface area (Å²) in [5.74, 6) is 6.98. The first-order valence-electron chi connectivity index (χ1n) is 4.75. The van der Waals surface area contributed by atoms with E-state index in [2.05, 4.69) is 38.3 Å². The molecule has 1 atom stereocenters. The lowest BCUT2D eigenvalue weighted by molar-refractivity contribution is 0.790. The Morgan fingerprint density at radius 2 is 2.53 bits per heavy atom. The van der Waals surface area contributed by atoms with E-state index in [4.69, 9.17) is 0 Å². The second kappa shape index (κ2) is 3.80. The summed E-state index contributed by atoms with van der Waals surface area (Å²) in [4.78, 5) is 4.52. The molecule has 1 aliphatic heterocycles. The molecule has 0 saturated carbocycles. The number of aliphatic imine (C=N–C) groups is 1. The molecule has 0 amide bonds. The lowest BCUT2D eigenvalue weighted by Gasteiger charge is -2.17. The zero-order valence-corrected chi connectivity index (χ0v) is 9.54. The van der Waals surface area contributed by atoms with Crippen LogP contribution in [0.4, 0.5) is 5.69 Å². The molecule has 76 valence electrons. The number of anilines is 1. The van der Waals surface area contributed by atoms with E-state index in [9.17, 15) is 0 Å². The smallest absolute Gasteiger partial charge is 0.207 e. The van der Waals surface area contributed by atoms with E-state index < -0.39 is 0 Å². The van der Waals surface area contributed by atoms with E-state index in [1.54, 1.807) is 23.3 Å². The predicted octanol–water partition coefficient (Wildman–Crippen LogP) is 2.29. The molecule has 2 N–H and O–H groups in total. The van der Waals surface area contributed by atoms with Gasteiger partial charge in [0.05, 0.1) is 5.69 Å². The summed E-state index contributed by atoms with van der Waals surface area (Å²) in [6, 6.07) is 2.24. The first kappa shape index (κ1) is 9.13. The van der Waals surface area contributed by atoms with Crippen LogP contribution in [0.15, 0.2) is 20.6 Å². The maximum atomic E-state index is 4.52. The van der Waals surface area contributed by atoms with Gasteiger partial charge in [-0.05, 0) is 17.9 Å². The van der Waals surface area contributed by atoms with Crippen molar-refractivity contribution in [2.45, 2.75) is 23.1 Å². The Kier molecular flexibility index (Phi) is 2.31. The molecule has 3 nitrogen and oxygen atoms in total.